The molecule has 0 spiro atoms. The summed E-state index contributed by atoms with van der Waals surface area (Å²) in [7, 11) is -3.55. The number of hydrogen-bond acceptors (Lipinski definition) is 5. The van der Waals surface area contributed by atoms with Gasteiger partial charge in [0.1, 0.15) is 5.82 Å². The monoisotopic (exact) mass is 421 g/mol. The van der Waals surface area contributed by atoms with Crippen molar-refractivity contribution in [2.45, 2.75) is 13.5 Å². The molecule has 2 aromatic carbocycles. The van der Waals surface area contributed by atoms with Crippen molar-refractivity contribution in [3.63, 3.8) is 0 Å². The summed E-state index contributed by atoms with van der Waals surface area (Å²) in [4.78, 5) is 15.4. The van der Waals surface area contributed by atoms with Gasteiger partial charge in [0.15, 0.2) is 0 Å². The first-order valence-electron chi connectivity index (χ1n) is 9.37. The van der Waals surface area contributed by atoms with E-state index in [-0.39, 0.29) is 22.8 Å². The van der Waals surface area contributed by atoms with Crippen LogP contribution in [-0.2, 0) is 16.6 Å². The van der Waals surface area contributed by atoms with E-state index in [2.05, 4.69) is 9.62 Å². The van der Waals surface area contributed by atoms with E-state index in [0.717, 1.165) is 0 Å². The topological polar surface area (TPSA) is 89.9 Å². The molecular weight excluding hydrogens is 397 g/mol. The number of sulfonamides is 1. The van der Waals surface area contributed by atoms with Crippen LogP contribution < -0.4 is 9.62 Å². The summed E-state index contributed by atoms with van der Waals surface area (Å²) in [5.41, 5.74) is 1.55. The molecule has 0 aliphatic carbocycles. The Morgan fingerprint density at radius 3 is 2.45 bits per heavy atom. The average molecular weight is 421 g/mol. The highest BCUT2D eigenvalue weighted by Crippen LogP contribution is 2.29. The Hall–Kier alpha value is -2.65. The zero-order valence-electron chi connectivity index (χ0n) is 16.1. The number of anilines is 2. The molecule has 7 nitrogen and oxygen atoms in total. The van der Waals surface area contributed by atoms with Crippen molar-refractivity contribution in [1.29, 1.82) is 0 Å². The molecule has 0 saturated carbocycles. The highest BCUT2D eigenvalue weighted by Gasteiger charge is 2.22. The van der Waals surface area contributed by atoms with Crippen molar-refractivity contribution in [2.24, 2.45) is 0 Å². The molecule has 0 unspecified atom stereocenters. The van der Waals surface area contributed by atoms with Crippen LogP contribution in [0, 0.1) is 5.82 Å². The van der Waals surface area contributed by atoms with E-state index in [9.17, 15) is 22.7 Å². The molecule has 0 atom stereocenters. The summed E-state index contributed by atoms with van der Waals surface area (Å²) >= 11 is 0. The lowest BCUT2D eigenvalue weighted by atomic mass is 10.1. The second-order valence-electron chi connectivity index (χ2n) is 6.90. The summed E-state index contributed by atoms with van der Waals surface area (Å²) in [6, 6.07) is 11.1. The highest BCUT2D eigenvalue weighted by molar-refractivity contribution is 7.92. The molecule has 9 heteroatoms. The number of rotatable bonds is 7. The van der Waals surface area contributed by atoms with E-state index in [0.29, 0.717) is 44.0 Å². The fraction of sp³-hybridized carbons (Fsp3) is 0.350. The van der Waals surface area contributed by atoms with E-state index < -0.39 is 16.0 Å². The number of hydrogen-bond donors (Lipinski definition) is 2. The molecule has 29 heavy (non-hydrogen) atoms. The third-order valence-corrected chi connectivity index (χ3v) is 6.24. The number of piperazine rings is 1. The van der Waals surface area contributed by atoms with Gasteiger partial charge in [0.25, 0.3) is 0 Å². The van der Waals surface area contributed by atoms with Gasteiger partial charge in [-0.3, -0.25) is 9.62 Å². The van der Waals surface area contributed by atoms with Gasteiger partial charge >= 0.3 is 5.97 Å². The maximum Gasteiger partial charge on any atom is 0.335 e. The zero-order chi connectivity index (χ0) is 21.0. The Morgan fingerprint density at radius 1 is 1.14 bits per heavy atom. The van der Waals surface area contributed by atoms with Crippen LogP contribution in [0.15, 0.2) is 42.5 Å². The van der Waals surface area contributed by atoms with Gasteiger partial charge in [-0.25, -0.2) is 17.6 Å². The lowest BCUT2D eigenvalue weighted by Crippen LogP contribution is -2.46. The zero-order valence-corrected chi connectivity index (χ0v) is 17.0. The van der Waals surface area contributed by atoms with Crippen LogP contribution in [0.4, 0.5) is 15.8 Å². The number of nitrogens with zero attached hydrogens (tertiary/aromatic N) is 2. The summed E-state index contributed by atoms with van der Waals surface area (Å²) in [5.74, 6) is -1.46. The molecule has 2 N–H and O–H groups in total. The first-order chi connectivity index (χ1) is 13.8. The highest BCUT2D eigenvalue weighted by atomic mass is 32.2. The maximum absolute atomic E-state index is 13.9. The number of carbonyl (C=O) groups is 1. The van der Waals surface area contributed by atoms with Crippen LogP contribution >= 0.6 is 0 Å². The normalized spacial score (nSPS) is 15.3. The smallest absolute Gasteiger partial charge is 0.335 e. The van der Waals surface area contributed by atoms with E-state index in [1.165, 1.54) is 25.1 Å². The van der Waals surface area contributed by atoms with Crippen LogP contribution in [0.2, 0.25) is 0 Å². The molecule has 2 aromatic rings. The van der Waals surface area contributed by atoms with Crippen molar-refractivity contribution in [1.82, 2.24) is 4.90 Å². The Balaban J connectivity index is 1.75. The van der Waals surface area contributed by atoms with E-state index in [1.54, 1.807) is 18.2 Å². The second kappa shape index (κ2) is 8.79. The quantitative estimate of drug-likeness (QED) is 0.714. The molecule has 1 fully saturated rings. The van der Waals surface area contributed by atoms with Crippen molar-refractivity contribution in [3.05, 3.63) is 59.4 Å². The molecule has 1 heterocycles. The van der Waals surface area contributed by atoms with Crippen molar-refractivity contribution >= 4 is 27.4 Å². The Bertz CT molecular complexity index is 989. The van der Waals surface area contributed by atoms with Crippen molar-refractivity contribution in [2.75, 3.05) is 41.6 Å². The molecule has 156 valence electrons. The minimum absolute atomic E-state index is 0.0146. The Labute approximate surface area is 169 Å². The van der Waals surface area contributed by atoms with Crippen LogP contribution in [-0.4, -0.2) is 56.3 Å². The number of carboxylic acids is 1. The van der Waals surface area contributed by atoms with Crippen molar-refractivity contribution < 1.29 is 22.7 Å². The molecule has 0 radical (unpaired) electrons. The van der Waals surface area contributed by atoms with E-state index in [4.69, 9.17) is 0 Å². The maximum atomic E-state index is 13.9. The lowest BCUT2D eigenvalue weighted by Gasteiger charge is -2.37. The standard InChI is InChI=1S/C20H24FN3O4S/c1-2-29(27,28)22-18-13-15(20(25)26)7-8-19(18)24-11-9-23(10-12-24)14-16-5-3-4-6-17(16)21/h3-8,13,22H,2,9-12,14H2,1H3,(H,25,26). The lowest BCUT2D eigenvalue weighted by molar-refractivity contribution is 0.0697. The van der Waals surface area contributed by atoms with Crippen molar-refractivity contribution in [3.8, 4) is 0 Å². The van der Waals surface area contributed by atoms with Gasteiger partial charge in [0.2, 0.25) is 10.0 Å². The Kier molecular flexibility index (Phi) is 6.39. The van der Waals surface area contributed by atoms with E-state index in [1.807, 2.05) is 11.0 Å². The summed E-state index contributed by atoms with van der Waals surface area (Å²) in [6.45, 7) is 4.60. The minimum atomic E-state index is -3.55. The predicted octanol–water partition coefficient (Wildman–Crippen LogP) is 2.61. The average Bonchev–Trinajstić information content (AvgIpc) is 2.70. The van der Waals surface area contributed by atoms with Gasteiger partial charge in [-0.05, 0) is 31.2 Å². The molecular formula is C20H24FN3O4S. The number of aromatic carboxylic acids is 1. The molecule has 1 saturated heterocycles. The Morgan fingerprint density at radius 2 is 1.83 bits per heavy atom. The van der Waals surface area contributed by atoms with Crippen LogP contribution in [0.25, 0.3) is 0 Å². The van der Waals surface area contributed by atoms with Crippen LogP contribution in [0.1, 0.15) is 22.8 Å². The van der Waals surface area contributed by atoms with Gasteiger partial charge in [0.05, 0.1) is 22.7 Å². The first kappa shape index (κ1) is 21.1. The third kappa shape index (κ3) is 5.24. The number of carboxylic acid groups (broad SMARTS) is 1. The SMILES string of the molecule is CCS(=O)(=O)Nc1cc(C(=O)O)ccc1N1CCN(Cc2ccccc2F)CC1. The number of benzene rings is 2. The summed E-state index contributed by atoms with van der Waals surface area (Å²) in [5, 5.41) is 9.24. The predicted molar refractivity (Wildman–Crippen MR) is 110 cm³/mol. The van der Waals surface area contributed by atoms with Gasteiger partial charge in [0, 0.05) is 38.3 Å². The molecule has 1 aliphatic heterocycles. The molecule has 0 bridgehead atoms. The van der Waals surface area contributed by atoms with Gasteiger partial charge in [-0.1, -0.05) is 18.2 Å². The number of halogens is 1. The number of nitrogens with one attached hydrogen (secondary N) is 1. The van der Waals surface area contributed by atoms with E-state index >= 15 is 0 Å². The second-order valence-corrected chi connectivity index (χ2v) is 8.91. The minimum Gasteiger partial charge on any atom is -0.478 e. The third-order valence-electron chi connectivity index (χ3n) is 4.95. The summed E-state index contributed by atoms with van der Waals surface area (Å²) < 4.78 is 40.5. The van der Waals surface area contributed by atoms with Crippen LogP contribution in [0.5, 0.6) is 0 Å². The largest absolute Gasteiger partial charge is 0.478 e. The molecule has 1 aliphatic rings. The molecule has 0 amide bonds. The van der Waals surface area contributed by atoms with Gasteiger partial charge in [-0.15, -0.1) is 0 Å². The van der Waals surface area contributed by atoms with Gasteiger partial charge in [-0.2, -0.15) is 0 Å². The summed E-state index contributed by atoms with van der Waals surface area (Å²) in [6.07, 6.45) is 0. The first-order valence-corrected chi connectivity index (χ1v) is 11.0. The van der Waals surface area contributed by atoms with Gasteiger partial charge < -0.3 is 10.0 Å². The fourth-order valence-corrected chi connectivity index (χ4v) is 3.92. The fourth-order valence-electron chi connectivity index (χ4n) is 3.28. The molecule has 0 aromatic heterocycles. The van der Waals surface area contributed by atoms with Crippen LogP contribution in [0.3, 0.4) is 0 Å². The molecule has 3 rings (SSSR count).